The van der Waals surface area contributed by atoms with Gasteiger partial charge in [-0.2, -0.15) is 0 Å². The minimum absolute atomic E-state index is 0.176. The molecule has 0 aliphatic carbocycles. The molecule has 4 rings (SSSR count). The lowest BCUT2D eigenvalue weighted by Crippen LogP contribution is -2.39. The largest absolute Gasteiger partial charge is 0.358 e. The summed E-state index contributed by atoms with van der Waals surface area (Å²) in [6.07, 6.45) is 3.26. The van der Waals surface area contributed by atoms with Crippen LogP contribution < -0.4 is 0 Å². The van der Waals surface area contributed by atoms with Crippen LogP contribution in [-0.4, -0.2) is 28.9 Å². The summed E-state index contributed by atoms with van der Waals surface area (Å²) in [6, 6.07) is 16.5. The highest BCUT2D eigenvalue weighted by molar-refractivity contribution is 5.94. The first-order valence-electron chi connectivity index (χ1n) is 9.54. The maximum absolute atomic E-state index is 12.7. The first kappa shape index (κ1) is 16.9. The number of H-pyrrole nitrogens is 1. The summed E-state index contributed by atoms with van der Waals surface area (Å²) in [5.74, 6) is 0.824. The normalized spacial score (nSPS) is 15.5. The zero-order chi connectivity index (χ0) is 18.1. The Labute approximate surface area is 155 Å². The molecule has 1 aromatic heterocycles. The van der Waals surface area contributed by atoms with Crippen LogP contribution in [0.2, 0.25) is 0 Å². The van der Waals surface area contributed by atoms with E-state index in [4.69, 9.17) is 0 Å². The number of likely N-dealkylation sites (tertiary alicyclic amines) is 1. The molecule has 26 heavy (non-hydrogen) atoms. The second kappa shape index (κ2) is 6.99. The van der Waals surface area contributed by atoms with Crippen molar-refractivity contribution in [1.29, 1.82) is 0 Å². The number of rotatable bonds is 3. The van der Waals surface area contributed by atoms with Crippen LogP contribution in [0.1, 0.15) is 40.0 Å². The molecule has 1 amide bonds. The Kier molecular flexibility index (Phi) is 4.54. The molecule has 0 unspecified atom stereocenters. The van der Waals surface area contributed by atoms with Gasteiger partial charge >= 0.3 is 0 Å². The fraction of sp³-hybridized carbons (Fsp3) is 0.348. The standard InChI is InChI=1S/C23H26N2O/c1-16-6-5-7-19(14-16)23(26)25-12-10-18(11-13-25)15-21-17(2)24-22-9-4-3-8-20(21)22/h3-9,14,18,24H,10-13,15H2,1-2H3. The van der Waals surface area contributed by atoms with E-state index in [1.807, 2.05) is 36.1 Å². The lowest BCUT2D eigenvalue weighted by Gasteiger charge is -2.32. The van der Waals surface area contributed by atoms with Gasteiger partial charge in [0.1, 0.15) is 0 Å². The van der Waals surface area contributed by atoms with Crippen molar-refractivity contribution >= 4 is 16.8 Å². The summed E-state index contributed by atoms with van der Waals surface area (Å²) in [5.41, 5.74) is 5.91. The van der Waals surface area contributed by atoms with Crippen molar-refractivity contribution in [2.24, 2.45) is 5.92 Å². The number of carbonyl (C=O) groups is 1. The van der Waals surface area contributed by atoms with Crippen LogP contribution in [0.5, 0.6) is 0 Å². The van der Waals surface area contributed by atoms with Crippen LogP contribution in [0.25, 0.3) is 10.9 Å². The van der Waals surface area contributed by atoms with Gasteiger partial charge in [-0.3, -0.25) is 4.79 Å². The molecule has 1 fully saturated rings. The van der Waals surface area contributed by atoms with Crippen LogP contribution >= 0.6 is 0 Å². The highest BCUT2D eigenvalue weighted by atomic mass is 16.2. The van der Waals surface area contributed by atoms with Crippen molar-refractivity contribution in [3.8, 4) is 0 Å². The molecular weight excluding hydrogens is 320 g/mol. The molecule has 1 saturated heterocycles. The number of piperidine rings is 1. The van der Waals surface area contributed by atoms with E-state index in [2.05, 4.69) is 36.2 Å². The fourth-order valence-corrected chi connectivity index (χ4v) is 4.19. The summed E-state index contributed by atoms with van der Waals surface area (Å²) in [7, 11) is 0. The minimum atomic E-state index is 0.176. The van der Waals surface area contributed by atoms with E-state index >= 15 is 0 Å². The molecular formula is C23H26N2O. The van der Waals surface area contributed by atoms with Crippen LogP contribution in [0.3, 0.4) is 0 Å². The third-order valence-corrected chi connectivity index (χ3v) is 5.69. The van der Waals surface area contributed by atoms with Gasteiger partial charge in [-0.05, 0) is 62.8 Å². The first-order valence-corrected chi connectivity index (χ1v) is 9.54. The van der Waals surface area contributed by atoms with Crippen molar-refractivity contribution in [2.45, 2.75) is 33.1 Å². The Morgan fingerprint density at radius 3 is 2.62 bits per heavy atom. The number of nitrogens with zero attached hydrogens (tertiary/aromatic N) is 1. The summed E-state index contributed by atoms with van der Waals surface area (Å²) in [4.78, 5) is 18.3. The quantitative estimate of drug-likeness (QED) is 0.721. The van der Waals surface area contributed by atoms with Gasteiger partial charge in [0.05, 0.1) is 0 Å². The molecule has 1 aliphatic rings. The van der Waals surface area contributed by atoms with E-state index in [9.17, 15) is 4.79 Å². The lowest BCUT2D eigenvalue weighted by atomic mass is 9.89. The predicted octanol–water partition coefficient (Wildman–Crippen LogP) is 4.88. The van der Waals surface area contributed by atoms with Gasteiger partial charge in [0.2, 0.25) is 0 Å². The molecule has 0 saturated carbocycles. The molecule has 0 atom stereocenters. The minimum Gasteiger partial charge on any atom is -0.358 e. The van der Waals surface area contributed by atoms with E-state index in [-0.39, 0.29) is 5.91 Å². The Balaban J connectivity index is 1.42. The number of aromatic nitrogens is 1. The zero-order valence-electron chi connectivity index (χ0n) is 15.6. The highest BCUT2D eigenvalue weighted by Crippen LogP contribution is 2.29. The molecule has 1 aliphatic heterocycles. The van der Waals surface area contributed by atoms with Crippen molar-refractivity contribution in [3.63, 3.8) is 0 Å². The molecule has 134 valence electrons. The molecule has 0 bridgehead atoms. The average molecular weight is 346 g/mol. The lowest BCUT2D eigenvalue weighted by molar-refractivity contribution is 0.0690. The van der Waals surface area contributed by atoms with Crippen molar-refractivity contribution in [3.05, 3.63) is 70.9 Å². The van der Waals surface area contributed by atoms with E-state index in [1.165, 1.54) is 22.2 Å². The Morgan fingerprint density at radius 1 is 1.08 bits per heavy atom. The zero-order valence-corrected chi connectivity index (χ0v) is 15.6. The van der Waals surface area contributed by atoms with Gasteiger partial charge in [-0.1, -0.05) is 35.9 Å². The summed E-state index contributed by atoms with van der Waals surface area (Å²) in [6.45, 7) is 5.93. The van der Waals surface area contributed by atoms with Gasteiger partial charge in [0.15, 0.2) is 0 Å². The second-order valence-corrected chi connectivity index (χ2v) is 7.58. The molecule has 3 heteroatoms. The topological polar surface area (TPSA) is 36.1 Å². The number of benzene rings is 2. The van der Waals surface area contributed by atoms with Crippen LogP contribution in [0.15, 0.2) is 48.5 Å². The monoisotopic (exact) mass is 346 g/mol. The number of hydrogen-bond acceptors (Lipinski definition) is 1. The van der Waals surface area contributed by atoms with Crippen LogP contribution in [-0.2, 0) is 6.42 Å². The Bertz CT molecular complexity index is 932. The Morgan fingerprint density at radius 2 is 1.85 bits per heavy atom. The Hall–Kier alpha value is -2.55. The smallest absolute Gasteiger partial charge is 0.253 e. The molecule has 3 aromatic rings. The third kappa shape index (κ3) is 3.26. The first-order chi connectivity index (χ1) is 12.6. The van der Waals surface area contributed by atoms with Crippen molar-refractivity contribution in [1.82, 2.24) is 9.88 Å². The van der Waals surface area contributed by atoms with Gasteiger partial charge in [-0.25, -0.2) is 0 Å². The number of nitrogens with one attached hydrogen (secondary N) is 1. The molecule has 2 heterocycles. The number of fused-ring (bicyclic) bond motifs is 1. The van der Waals surface area contributed by atoms with E-state index < -0.39 is 0 Å². The summed E-state index contributed by atoms with van der Waals surface area (Å²) in [5, 5.41) is 1.35. The average Bonchev–Trinajstić information content (AvgIpc) is 2.97. The second-order valence-electron chi connectivity index (χ2n) is 7.58. The van der Waals surface area contributed by atoms with Crippen molar-refractivity contribution in [2.75, 3.05) is 13.1 Å². The number of amides is 1. The van der Waals surface area contributed by atoms with Gasteiger partial charge < -0.3 is 9.88 Å². The van der Waals surface area contributed by atoms with E-state index in [1.54, 1.807) is 0 Å². The predicted molar refractivity (Wildman–Crippen MR) is 107 cm³/mol. The number of hydrogen-bond donors (Lipinski definition) is 1. The van der Waals surface area contributed by atoms with Gasteiger partial charge in [0, 0.05) is 35.2 Å². The van der Waals surface area contributed by atoms with Crippen LogP contribution in [0.4, 0.5) is 0 Å². The van der Waals surface area contributed by atoms with E-state index in [0.717, 1.165) is 43.5 Å². The molecule has 2 aromatic carbocycles. The number of aromatic amines is 1. The molecule has 0 spiro atoms. The van der Waals surface area contributed by atoms with Crippen molar-refractivity contribution < 1.29 is 4.79 Å². The van der Waals surface area contributed by atoms with Crippen LogP contribution in [0, 0.1) is 19.8 Å². The maximum atomic E-state index is 12.7. The highest BCUT2D eigenvalue weighted by Gasteiger charge is 2.25. The summed E-state index contributed by atoms with van der Waals surface area (Å²) < 4.78 is 0. The molecule has 3 nitrogen and oxygen atoms in total. The molecule has 0 radical (unpaired) electrons. The third-order valence-electron chi connectivity index (χ3n) is 5.69. The number of para-hydroxylation sites is 1. The fourth-order valence-electron chi connectivity index (χ4n) is 4.19. The number of carbonyl (C=O) groups excluding carboxylic acids is 1. The SMILES string of the molecule is Cc1cccc(C(=O)N2CCC(Cc3c(C)[nH]c4ccccc34)CC2)c1. The maximum Gasteiger partial charge on any atom is 0.253 e. The van der Waals surface area contributed by atoms with Gasteiger partial charge in [-0.15, -0.1) is 0 Å². The molecule has 1 N–H and O–H groups in total. The van der Waals surface area contributed by atoms with Gasteiger partial charge in [0.25, 0.3) is 5.91 Å². The number of aryl methyl sites for hydroxylation is 2. The van der Waals surface area contributed by atoms with E-state index in [0.29, 0.717) is 5.92 Å². The summed E-state index contributed by atoms with van der Waals surface area (Å²) >= 11 is 0.